The van der Waals surface area contributed by atoms with Gasteiger partial charge in [-0.25, -0.2) is 9.49 Å². The number of piperidine rings is 1. The van der Waals surface area contributed by atoms with Gasteiger partial charge in [-0.15, -0.1) is 0 Å². The van der Waals surface area contributed by atoms with Crippen LogP contribution in [0.4, 0.5) is 4.39 Å². The van der Waals surface area contributed by atoms with Gasteiger partial charge < -0.3 is 5.73 Å². The van der Waals surface area contributed by atoms with Crippen LogP contribution in [-0.2, 0) is 10.3 Å². The molecule has 1 amide bonds. The summed E-state index contributed by atoms with van der Waals surface area (Å²) < 4.78 is 13.3. The molecule has 1 unspecified atom stereocenters. The molecule has 3 rings (SSSR count). The van der Waals surface area contributed by atoms with Crippen LogP contribution in [0, 0.1) is 11.7 Å². The average Bonchev–Trinajstić information content (AvgIpc) is 2.61. The van der Waals surface area contributed by atoms with Gasteiger partial charge in [0.1, 0.15) is 11.4 Å². The first-order valence-corrected chi connectivity index (χ1v) is 8.53. The van der Waals surface area contributed by atoms with Crippen LogP contribution in [0.5, 0.6) is 0 Å². The van der Waals surface area contributed by atoms with Crippen molar-refractivity contribution in [2.45, 2.75) is 31.7 Å². The number of nitrogens with two attached hydrogens (primary N) is 1. The number of hydrogen-bond acceptors (Lipinski definition) is 5. The fourth-order valence-electron chi connectivity index (χ4n) is 3.62. The zero-order chi connectivity index (χ0) is 18.9. The van der Waals surface area contributed by atoms with Crippen molar-refractivity contribution in [3.8, 4) is 0 Å². The van der Waals surface area contributed by atoms with E-state index in [1.54, 1.807) is 13.0 Å². The van der Waals surface area contributed by atoms with Crippen LogP contribution >= 0.6 is 0 Å². The van der Waals surface area contributed by atoms with E-state index in [2.05, 4.69) is 22.1 Å². The molecule has 138 valence electrons. The molecule has 0 bridgehead atoms. The van der Waals surface area contributed by atoms with Crippen LogP contribution in [0.1, 0.15) is 37.6 Å². The third-order valence-electron chi connectivity index (χ3n) is 5.12. The first kappa shape index (κ1) is 18.2. The number of H-pyrrole nitrogens is 1. The topological polar surface area (TPSA) is 105 Å². The summed E-state index contributed by atoms with van der Waals surface area (Å²) in [6.07, 6.45) is 1.96. The quantitative estimate of drug-likeness (QED) is 0.851. The number of likely N-dealkylation sites (tertiary alicyclic amines) is 1. The normalized spacial score (nSPS) is 23.3. The molecule has 3 atom stereocenters. The standard InChI is InChI=1S/C18H22FN5O2/c1-11-7-12(14-4-6-16(25)23-22-14)10-24(9-11)18(2,17(20)26)15-5-3-13(19)8-21-15/h3-6,8,11-12H,7,9-10H2,1-2H3,(H2,20,26)(H,23,25)/t11-,12+,18?/m0/s1. The minimum atomic E-state index is -1.16. The van der Waals surface area contributed by atoms with Gasteiger partial charge in [-0.05, 0) is 37.5 Å². The van der Waals surface area contributed by atoms with Crippen molar-refractivity contribution >= 4 is 5.91 Å². The number of amides is 1. The lowest BCUT2D eigenvalue weighted by molar-refractivity contribution is -0.132. The molecule has 7 nitrogen and oxygen atoms in total. The number of aromatic amines is 1. The Labute approximate surface area is 150 Å². The van der Waals surface area contributed by atoms with E-state index in [4.69, 9.17) is 5.73 Å². The number of halogens is 1. The molecule has 8 heteroatoms. The first-order valence-electron chi connectivity index (χ1n) is 8.53. The third kappa shape index (κ3) is 3.37. The maximum absolute atomic E-state index is 13.3. The molecule has 0 spiro atoms. The van der Waals surface area contributed by atoms with Gasteiger partial charge in [0.2, 0.25) is 5.91 Å². The molecule has 1 fully saturated rings. The van der Waals surface area contributed by atoms with E-state index in [9.17, 15) is 14.0 Å². The number of carbonyl (C=O) groups is 1. The highest BCUT2D eigenvalue weighted by atomic mass is 19.1. The number of nitrogens with zero attached hydrogens (tertiary/aromatic N) is 3. The maximum Gasteiger partial charge on any atom is 0.264 e. The minimum Gasteiger partial charge on any atom is -0.368 e. The summed E-state index contributed by atoms with van der Waals surface area (Å²) in [5.74, 6) is -0.696. The van der Waals surface area contributed by atoms with Crippen molar-refractivity contribution in [1.29, 1.82) is 0 Å². The number of hydrogen-bond donors (Lipinski definition) is 2. The first-order chi connectivity index (χ1) is 12.3. The number of aromatic nitrogens is 3. The number of primary amides is 1. The molecule has 0 aromatic carbocycles. The second-order valence-electron chi connectivity index (χ2n) is 7.09. The van der Waals surface area contributed by atoms with Gasteiger partial charge >= 0.3 is 0 Å². The van der Waals surface area contributed by atoms with E-state index in [0.717, 1.165) is 18.3 Å². The summed E-state index contributed by atoms with van der Waals surface area (Å²) in [4.78, 5) is 29.7. The molecule has 0 aliphatic carbocycles. The lowest BCUT2D eigenvalue weighted by Gasteiger charge is -2.45. The highest BCUT2D eigenvalue weighted by molar-refractivity contribution is 5.85. The second kappa shape index (κ2) is 6.95. The van der Waals surface area contributed by atoms with Crippen molar-refractivity contribution < 1.29 is 9.18 Å². The summed E-state index contributed by atoms with van der Waals surface area (Å²) in [6, 6.07) is 5.92. The molecule has 0 saturated carbocycles. The molecule has 2 aromatic heterocycles. The van der Waals surface area contributed by atoms with Crippen LogP contribution in [0.2, 0.25) is 0 Å². The predicted molar refractivity (Wildman–Crippen MR) is 93.7 cm³/mol. The molecule has 2 aromatic rings. The van der Waals surface area contributed by atoms with Crippen LogP contribution in [0.15, 0.2) is 35.3 Å². The Balaban J connectivity index is 1.95. The molecule has 0 radical (unpaired) electrons. The van der Waals surface area contributed by atoms with E-state index in [1.807, 2.05) is 4.90 Å². The van der Waals surface area contributed by atoms with E-state index in [1.165, 1.54) is 18.2 Å². The number of nitrogens with one attached hydrogen (secondary N) is 1. The van der Waals surface area contributed by atoms with Gasteiger partial charge in [-0.3, -0.25) is 19.5 Å². The Morgan fingerprint density at radius 1 is 1.35 bits per heavy atom. The number of rotatable bonds is 4. The van der Waals surface area contributed by atoms with E-state index < -0.39 is 17.3 Å². The van der Waals surface area contributed by atoms with Gasteiger partial charge in [0.25, 0.3) is 5.56 Å². The van der Waals surface area contributed by atoms with Crippen molar-refractivity contribution in [1.82, 2.24) is 20.1 Å². The predicted octanol–water partition coefficient (Wildman–Crippen LogP) is 1.13. The highest BCUT2D eigenvalue weighted by Gasteiger charge is 2.44. The van der Waals surface area contributed by atoms with Crippen molar-refractivity contribution in [3.63, 3.8) is 0 Å². The minimum absolute atomic E-state index is 0.0368. The maximum atomic E-state index is 13.3. The van der Waals surface area contributed by atoms with Crippen LogP contribution in [0.25, 0.3) is 0 Å². The summed E-state index contributed by atoms with van der Waals surface area (Å²) in [5.41, 5.74) is 5.50. The van der Waals surface area contributed by atoms with E-state index in [-0.39, 0.29) is 17.4 Å². The van der Waals surface area contributed by atoms with Crippen LogP contribution < -0.4 is 11.3 Å². The monoisotopic (exact) mass is 359 g/mol. The van der Waals surface area contributed by atoms with Crippen LogP contribution in [-0.4, -0.2) is 39.1 Å². The molecular formula is C18H22FN5O2. The highest BCUT2D eigenvalue weighted by Crippen LogP contribution is 2.36. The fraction of sp³-hybridized carbons (Fsp3) is 0.444. The third-order valence-corrected chi connectivity index (χ3v) is 5.12. The van der Waals surface area contributed by atoms with Crippen molar-refractivity contribution in [2.75, 3.05) is 13.1 Å². The van der Waals surface area contributed by atoms with Gasteiger partial charge in [0.05, 0.1) is 17.6 Å². The molecule has 1 aliphatic heterocycles. The largest absolute Gasteiger partial charge is 0.368 e. The Kier molecular flexibility index (Phi) is 4.86. The lowest BCUT2D eigenvalue weighted by atomic mass is 9.83. The zero-order valence-corrected chi connectivity index (χ0v) is 14.8. The smallest absolute Gasteiger partial charge is 0.264 e. The Morgan fingerprint density at radius 2 is 2.12 bits per heavy atom. The zero-order valence-electron chi connectivity index (χ0n) is 14.8. The van der Waals surface area contributed by atoms with Gasteiger partial charge in [-0.1, -0.05) is 6.92 Å². The van der Waals surface area contributed by atoms with E-state index in [0.29, 0.717) is 18.8 Å². The SMILES string of the molecule is C[C@H]1C[C@@H](c2ccc(=O)[nH]n2)CN(C(C)(C(N)=O)c2ccc(F)cn2)C1. The van der Waals surface area contributed by atoms with Crippen molar-refractivity contribution in [3.05, 3.63) is 58.0 Å². The molecule has 1 aliphatic rings. The Morgan fingerprint density at radius 3 is 2.69 bits per heavy atom. The summed E-state index contributed by atoms with van der Waals surface area (Å²) in [6.45, 7) is 4.98. The average molecular weight is 359 g/mol. The summed E-state index contributed by atoms with van der Waals surface area (Å²) in [7, 11) is 0. The van der Waals surface area contributed by atoms with Gasteiger partial charge in [0.15, 0.2) is 0 Å². The Hall–Kier alpha value is -2.61. The summed E-state index contributed by atoms with van der Waals surface area (Å²) >= 11 is 0. The Bertz CT molecular complexity index is 833. The van der Waals surface area contributed by atoms with Crippen molar-refractivity contribution in [2.24, 2.45) is 11.7 Å². The van der Waals surface area contributed by atoms with E-state index >= 15 is 0 Å². The van der Waals surface area contributed by atoms with Gasteiger partial charge in [0, 0.05) is 25.1 Å². The summed E-state index contributed by atoms with van der Waals surface area (Å²) in [5, 5.41) is 6.59. The molecule has 1 saturated heterocycles. The lowest BCUT2D eigenvalue weighted by Crippen LogP contribution is -2.57. The number of pyridine rings is 1. The molecule has 3 heterocycles. The molecular weight excluding hydrogens is 337 g/mol. The molecule has 26 heavy (non-hydrogen) atoms. The fourth-order valence-corrected chi connectivity index (χ4v) is 3.62. The van der Waals surface area contributed by atoms with Gasteiger partial charge in [-0.2, -0.15) is 5.10 Å². The second-order valence-corrected chi connectivity index (χ2v) is 7.09. The van der Waals surface area contributed by atoms with Crippen LogP contribution in [0.3, 0.4) is 0 Å². The number of carbonyl (C=O) groups excluding carboxylic acids is 1. The molecule has 3 N–H and O–H groups in total.